The third-order valence-electron chi connectivity index (χ3n) is 3.05. The van der Waals surface area contributed by atoms with E-state index in [-0.39, 0.29) is 5.56 Å². The van der Waals surface area contributed by atoms with Gasteiger partial charge in [0.15, 0.2) is 0 Å². The van der Waals surface area contributed by atoms with Gasteiger partial charge in [-0.05, 0) is 37.6 Å². The van der Waals surface area contributed by atoms with Crippen LogP contribution in [0, 0.1) is 13.8 Å². The van der Waals surface area contributed by atoms with Gasteiger partial charge in [0.2, 0.25) is 0 Å². The first-order valence-electron chi connectivity index (χ1n) is 5.99. The zero-order valence-corrected chi connectivity index (χ0v) is 11.2. The predicted octanol–water partition coefficient (Wildman–Crippen LogP) is 3.16. The number of anilines is 2. The number of rotatable bonds is 3. The SMILES string of the molecule is Cc1ccc(N(C)c2ccc(C(=O)O)cn2)c(C)c1. The lowest BCUT2D eigenvalue weighted by atomic mass is 10.1. The number of pyridine rings is 1. The minimum absolute atomic E-state index is 0.192. The molecule has 1 N–H and O–H groups in total. The molecule has 0 saturated carbocycles. The van der Waals surface area contributed by atoms with Gasteiger partial charge < -0.3 is 10.0 Å². The number of benzene rings is 1. The Morgan fingerprint density at radius 2 is 1.95 bits per heavy atom. The Balaban J connectivity index is 2.33. The van der Waals surface area contributed by atoms with Crippen molar-refractivity contribution in [2.45, 2.75) is 13.8 Å². The summed E-state index contributed by atoms with van der Waals surface area (Å²) in [6.07, 6.45) is 1.37. The van der Waals surface area contributed by atoms with E-state index in [9.17, 15) is 4.79 Å². The first-order chi connectivity index (χ1) is 8.99. The number of hydrogen-bond donors (Lipinski definition) is 1. The first kappa shape index (κ1) is 13.1. The highest BCUT2D eigenvalue weighted by Crippen LogP contribution is 2.25. The van der Waals surface area contributed by atoms with Crippen LogP contribution in [-0.2, 0) is 0 Å². The minimum Gasteiger partial charge on any atom is -0.478 e. The quantitative estimate of drug-likeness (QED) is 0.916. The van der Waals surface area contributed by atoms with E-state index in [1.807, 2.05) is 31.0 Å². The lowest BCUT2D eigenvalue weighted by molar-refractivity contribution is 0.0696. The van der Waals surface area contributed by atoms with Crippen molar-refractivity contribution in [1.82, 2.24) is 4.98 Å². The predicted molar refractivity (Wildman–Crippen MR) is 75.2 cm³/mol. The second kappa shape index (κ2) is 5.10. The summed E-state index contributed by atoms with van der Waals surface area (Å²) in [5, 5.41) is 8.85. The van der Waals surface area contributed by atoms with Gasteiger partial charge in [0, 0.05) is 18.9 Å². The van der Waals surface area contributed by atoms with Gasteiger partial charge in [0.05, 0.1) is 5.56 Å². The van der Waals surface area contributed by atoms with Crippen molar-refractivity contribution in [1.29, 1.82) is 0 Å². The second-order valence-electron chi connectivity index (χ2n) is 4.56. The number of carbonyl (C=O) groups is 1. The fourth-order valence-corrected chi connectivity index (χ4v) is 2.02. The largest absolute Gasteiger partial charge is 0.478 e. The van der Waals surface area contributed by atoms with Gasteiger partial charge in [-0.1, -0.05) is 17.7 Å². The Morgan fingerprint density at radius 3 is 2.47 bits per heavy atom. The summed E-state index contributed by atoms with van der Waals surface area (Å²) in [6, 6.07) is 9.47. The normalized spacial score (nSPS) is 10.3. The molecule has 0 bridgehead atoms. The van der Waals surface area contributed by atoms with E-state index in [4.69, 9.17) is 5.11 Å². The minimum atomic E-state index is -0.965. The van der Waals surface area contributed by atoms with Crippen molar-refractivity contribution < 1.29 is 9.90 Å². The van der Waals surface area contributed by atoms with Crippen molar-refractivity contribution in [2.24, 2.45) is 0 Å². The molecule has 0 amide bonds. The van der Waals surface area contributed by atoms with Crippen LogP contribution in [0.4, 0.5) is 11.5 Å². The van der Waals surface area contributed by atoms with E-state index in [0.717, 1.165) is 17.1 Å². The van der Waals surface area contributed by atoms with Crippen molar-refractivity contribution >= 4 is 17.5 Å². The van der Waals surface area contributed by atoms with E-state index >= 15 is 0 Å². The average Bonchev–Trinajstić information content (AvgIpc) is 2.38. The molecule has 1 aromatic heterocycles. The third-order valence-corrected chi connectivity index (χ3v) is 3.05. The van der Waals surface area contributed by atoms with Crippen LogP contribution >= 0.6 is 0 Å². The van der Waals surface area contributed by atoms with Gasteiger partial charge in [0.1, 0.15) is 5.82 Å². The molecule has 0 spiro atoms. The number of nitrogens with zero attached hydrogens (tertiary/aromatic N) is 2. The van der Waals surface area contributed by atoms with Crippen molar-refractivity contribution in [3.05, 3.63) is 53.2 Å². The fraction of sp³-hybridized carbons (Fsp3) is 0.200. The molecule has 0 fully saturated rings. The lowest BCUT2D eigenvalue weighted by Gasteiger charge is -2.20. The van der Waals surface area contributed by atoms with Crippen LogP contribution in [0.1, 0.15) is 21.5 Å². The maximum atomic E-state index is 10.8. The molecule has 2 aromatic rings. The Bertz CT molecular complexity index is 606. The van der Waals surface area contributed by atoms with Crippen LogP contribution in [0.5, 0.6) is 0 Å². The molecular weight excluding hydrogens is 240 g/mol. The van der Waals surface area contributed by atoms with Crippen LogP contribution in [0.3, 0.4) is 0 Å². The zero-order valence-electron chi connectivity index (χ0n) is 11.2. The first-order valence-corrected chi connectivity index (χ1v) is 5.99. The topological polar surface area (TPSA) is 53.4 Å². The number of hydrogen-bond acceptors (Lipinski definition) is 3. The molecule has 2 rings (SSSR count). The van der Waals surface area contributed by atoms with Crippen molar-refractivity contribution in [3.63, 3.8) is 0 Å². The van der Waals surface area contributed by atoms with Gasteiger partial charge in [-0.25, -0.2) is 9.78 Å². The summed E-state index contributed by atoms with van der Waals surface area (Å²) in [6.45, 7) is 4.10. The van der Waals surface area contributed by atoms with Crippen LogP contribution in [0.15, 0.2) is 36.5 Å². The van der Waals surface area contributed by atoms with E-state index in [1.165, 1.54) is 11.8 Å². The van der Waals surface area contributed by atoms with Crippen LogP contribution in [0.2, 0.25) is 0 Å². The zero-order chi connectivity index (χ0) is 14.0. The highest BCUT2D eigenvalue weighted by molar-refractivity contribution is 5.87. The number of aromatic nitrogens is 1. The molecule has 0 radical (unpaired) electrons. The number of carboxylic acids is 1. The van der Waals surface area contributed by atoms with E-state index in [1.54, 1.807) is 12.1 Å². The van der Waals surface area contributed by atoms with E-state index in [2.05, 4.69) is 18.0 Å². The van der Waals surface area contributed by atoms with E-state index < -0.39 is 5.97 Å². The smallest absolute Gasteiger partial charge is 0.337 e. The monoisotopic (exact) mass is 256 g/mol. The molecule has 0 aliphatic heterocycles. The number of carboxylic acid groups (broad SMARTS) is 1. The molecule has 98 valence electrons. The molecule has 0 unspecified atom stereocenters. The molecular formula is C15H16N2O2. The summed E-state index contributed by atoms with van der Waals surface area (Å²) < 4.78 is 0. The average molecular weight is 256 g/mol. The molecule has 0 aliphatic rings. The van der Waals surface area contributed by atoms with Crippen LogP contribution in [-0.4, -0.2) is 23.1 Å². The maximum absolute atomic E-state index is 10.8. The summed E-state index contributed by atoms with van der Waals surface area (Å²) >= 11 is 0. The molecule has 4 nitrogen and oxygen atoms in total. The van der Waals surface area contributed by atoms with Gasteiger partial charge in [0.25, 0.3) is 0 Å². The molecule has 19 heavy (non-hydrogen) atoms. The molecule has 4 heteroatoms. The highest BCUT2D eigenvalue weighted by atomic mass is 16.4. The standard InChI is InChI=1S/C15H16N2O2/c1-10-4-6-13(11(2)8-10)17(3)14-7-5-12(9-16-14)15(18)19/h4-9H,1-3H3,(H,18,19). The van der Waals surface area contributed by atoms with Gasteiger partial charge >= 0.3 is 5.97 Å². The van der Waals surface area contributed by atoms with Crippen molar-refractivity contribution in [2.75, 3.05) is 11.9 Å². The Hall–Kier alpha value is -2.36. The van der Waals surface area contributed by atoms with Crippen molar-refractivity contribution in [3.8, 4) is 0 Å². The van der Waals surface area contributed by atoms with Gasteiger partial charge in [-0.2, -0.15) is 0 Å². The Morgan fingerprint density at radius 1 is 1.21 bits per heavy atom. The second-order valence-corrected chi connectivity index (χ2v) is 4.56. The molecule has 1 heterocycles. The molecule has 0 aliphatic carbocycles. The Labute approximate surface area is 112 Å². The number of aryl methyl sites for hydroxylation is 2. The summed E-state index contributed by atoms with van der Waals surface area (Å²) in [7, 11) is 1.92. The fourth-order valence-electron chi connectivity index (χ4n) is 2.02. The van der Waals surface area contributed by atoms with Gasteiger partial charge in [-0.15, -0.1) is 0 Å². The summed E-state index contributed by atoms with van der Waals surface area (Å²) in [5.41, 5.74) is 3.62. The number of aromatic carboxylic acids is 1. The Kier molecular flexibility index (Phi) is 3.51. The highest BCUT2D eigenvalue weighted by Gasteiger charge is 2.09. The third kappa shape index (κ3) is 2.73. The van der Waals surface area contributed by atoms with Crippen LogP contribution in [0.25, 0.3) is 0 Å². The van der Waals surface area contributed by atoms with E-state index in [0.29, 0.717) is 0 Å². The molecule has 1 aromatic carbocycles. The van der Waals surface area contributed by atoms with Gasteiger partial charge in [-0.3, -0.25) is 0 Å². The summed E-state index contributed by atoms with van der Waals surface area (Å²) in [5.74, 6) is -0.245. The lowest BCUT2D eigenvalue weighted by Crippen LogP contribution is -2.13. The molecule has 0 atom stereocenters. The summed E-state index contributed by atoms with van der Waals surface area (Å²) in [4.78, 5) is 16.9. The maximum Gasteiger partial charge on any atom is 0.337 e. The van der Waals surface area contributed by atoms with Crippen LogP contribution < -0.4 is 4.90 Å². The molecule has 0 saturated heterocycles.